The van der Waals surface area contributed by atoms with Gasteiger partial charge in [0, 0.05) is 10.6 Å². The van der Waals surface area contributed by atoms with Crippen molar-refractivity contribution in [1.82, 2.24) is 4.90 Å². The van der Waals surface area contributed by atoms with Crippen molar-refractivity contribution in [3.63, 3.8) is 0 Å². The van der Waals surface area contributed by atoms with E-state index in [4.69, 9.17) is 9.47 Å². The van der Waals surface area contributed by atoms with Crippen LogP contribution in [0, 0.1) is 6.92 Å². The van der Waals surface area contributed by atoms with Crippen molar-refractivity contribution in [2.45, 2.75) is 13.5 Å². The SMILES string of the molecule is Cc1ccc(NC2=C(c3cccs3)C(=O)N(Cc3ccc4c(c3)OCO4)C2=O)cc1. The number of hydrogen-bond acceptors (Lipinski definition) is 6. The normalized spacial score (nSPS) is 15.3. The zero-order chi connectivity index (χ0) is 20.7. The fraction of sp³-hybridized carbons (Fsp3) is 0.130. The number of thiophene rings is 1. The summed E-state index contributed by atoms with van der Waals surface area (Å²) in [5.74, 6) is 0.629. The Bertz CT molecular complexity index is 1170. The molecule has 0 fully saturated rings. The number of amides is 2. The maximum Gasteiger partial charge on any atom is 0.278 e. The second-order valence-corrected chi connectivity index (χ2v) is 8.05. The Hall–Kier alpha value is -3.58. The monoisotopic (exact) mass is 418 g/mol. The van der Waals surface area contributed by atoms with E-state index in [1.54, 1.807) is 12.1 Å². The lowest BCUT2D eigenvalue weighted by atomic mass is 10.1. The first-order valence-corrected chi connectivity index (χ1v) is 10.3. The number of hydrogen-bond donors (Lipinski definition) is 1. The highest BCUT2D eigenvalue weighted by atomic mass is 32.1. The van der Waals surface area contributed by atoms with Gasteiger partial charge in [0.1, 0.15) is 5.70 Å². The van der Waals surface area contributed by atoms with Gasteiger partial charge in [0.05, 0.1) is 12.1 Å². The number of nitrogens with zero attached hydrogens (tertiary/aromatic N) is 1. The van der Waals surface area contributed by atoms with Gasteiger partial charge < -0.3 is 14.8 Å². The van der Waals surface area contributed by atoms with Crippen molar-refractivity contribution >= 4 is 34.4 Å². The van der Waals surface area contributed by atoms with Crippen LogP contribution in [-0.4, -0.2) is 23.5 Å². The smallest absolute Gasteiger partial charge is 0.278 e. The van der Waals surface area contributed by atoms with Gasteiger partial charge in [0.15, 0.2) is 11.5 Å². The minimum atomic E-state index is -0.346. The van der Waals surface area contributed by atoms with Gasteiger partial charge in [-0.05, 0) is 48.2 Å². The number of aryl methyl sites for hydroxylation is 1. The van der Waals surface area contributed by atoms with Crippen LogP contribution in [0.4, 0.5) is 5.69 Å². The highest BCUT2D eigenvalue weighted by Gasteiger charge is 2.39. The van der Waals surface area contributed by atoms with Crippen molar-refractivity contribution in [3.05, 3.63) is 81.7 Å². The van der Waals surface area contributed by atoms with Crippen LogP contribution in [0.5, 0.6) is 11.5 Å². The molecule has 7 heteroatoms. The Kier molecular flexibility index (Phi) is 4.52. The molecular weight excluding hydrogens is 400 g/mol. The topological polar surface area (TPSA) is 67.9 Å². The molecule has 0 spiro atoms. The number of fused-ring (bicyclic) bond motifs is 1. The van der Waals surface area contributed by atoms with Crippen LogP contribution < -0.4 is 14.8 Å². The highest BCUT2D eigenvalue weighted by Crippen LogP contribution is 2.36. The average molecular weight is 418 g/mol. The summed E-state index contributed by atoms with van der Waals surface area (Å²) in [4.78, 5) is 28.6. The molecule has 2 amide bonds. The lowest BCUT2D eigenvalue weighted by Gasteiger charge is -2.15. The highest BCUT2D eigenvalue weighted by molar-refractivity contribution is 7.11. The van der Waals surface area contributed by atoms with E-state index in [1.165, 1.54) is 16.2 Å². The Morgan fingerprint density at radius 1 is 1.00 bits per heavy atom. The van der Waals surface area contributed by atoms with Crippen molar-refractivity contribution in [3.8, 4) is 11.5 Å². The van der Waals surface area contributed by atoms with E-state index < -0.39 is 0 Å². The molecule has 2 aliphatic rings. The van der Waals surface area contributed by atoms with Crippen molar-refractivity contribution in [2.24, 2.45) is 0 Å². The van der Waals surface area contributed by atoms with E-state index in [9.17, 15) is 9.59 Å². The standard InChI is InChI=1S/C23H18N2O4S/c1-14-4-7-16(8-5-14)24-21-20(19-3-2-10-30-19)22(26)25(23(21)27)12-15-6-9-17-18(11-15)29-13-28-17/h2-11,24H,12-13H2,1H3. The quantitative estimate of drug-likeness (QED) is 0.630. The predicted molar refractivity (Wildman–Crippen MR) is 114 cm³/mol. The lowest BCUT2D eigenvalue weighted by molar-refractivity contribution is -0.137. The largest absolute Gasteiger partial charge is 0.454 e. The van der Waals surface area contributed by atoms with Crippen LogP contribution in [0.25, 0.3) is 5.57 Å². The molecule has 2 aliphatic heterocycles. The molecule has 0 aliphatic carbocycles. The Morgan fingerprint density at radius 2 is 1.80 bits per heavy atom. The Morgan fingerprint density at radius 3 is 2.57 bits per heavy atom. The summed E-state index contributed by atoms with van der Waals surface area (Å²) in [5.41, 5.74) is 3.37. The summed E-state index contributed by atoms with van der Waals surface area (Å²) in [7, 11) is 0. The molecule has 150 valence electrons. The van der Waals surface area contributed by atoms with Crippen molar-refractivity contribution < 1.29 is 19.1 Å². The maximum absolute atomic E-state index is 13.3. The van der Waals surface area contributed by atoms with Gasteiger partial charge >= 0.3 is 0 Å². The number of anilines is 1. The second-order valence-electron chi connectivity index (χ2n) is 7.10. The number of nitrogens with one attached hydrogen (secondary N) is 1. The molecule has 2 aromatic carbocycles. The summed E-state index contributed by atoms with van der Waals surface area (Å²) < 4.78 is 10.8. The van der Waals surface area contributed by atoms with Crippen LogP contribution in [-0.2, 0) is 16.1 Å². The third-order valence-electron chi connectivity index (χ3n) is 5.03. The number of rotatable bonds is 5. The van der Waals surface area contributed by atoms with E-state index in [0.717, 1.165) is 21.7 Å². The number of carbonyl (C=O) groups is 2. The predicted octanol–water partition coefficient (Wildman–Crippen LogP) is 4.18. The summed E-state index contributed by atoms with van der Waals surface area (Å²) >= 11 is 1.43. The van der Waals surface area contributed by atoms with Crippen LogP contribution >= 0.6 is 11.3 Å². The van der Waals surface area contributed by atoms with Crippen LogP contribution in [0.1, 0.15) is 16.0 Å². The van der Waals surface area contributed by atoms with Gasteiger partial charge in [0.2, 0.25) is 6.79 Å². The molecule has 3 aromatic rings. The van der Waals surface area contributed by atoms with E-state index >= 15 is 0 Å². The molecule has 30 heavy (non-hydrogen) atoms. The van der Waals surface area contributed by atoms with Crippen LogP contribution in [0.2, 0.25) is 0 Å². The summed E-state index contributed by atoms with van der Waals surface area (Å²) in [6.45, 7) is 2.33. The molecule has 0 saturated carbocycles. The van der Waals surface area contributed by atoms with E-state index in [-0.39, 0.29) is 25.2 Å². The molecule has 0 radical (unpaired) electrons. The molecule has 3 heterocycles. The zero-order valence-corrected chi connectivity index (χ0v) is 17.0. The Labute approximate surface area is 177 Å². The summed E-state index contributed by atoms with van der Waals surface area (Å²) in [6, 6.07) is 16.9. The molecule has 1 aromatic heterocycles. The first-order chi connectivity index (χ1) is 14.6. The minimum Gasteiger partial charge on any atom is -0.454 e. The molecule has 0 bridgehead atoms. The van der Waals surface area contributed by atoms with Gasteiger partial charge in [0.25, 0.3) is 11.8 Å². The zero-order valence-electron chi connectivity index (χ0n) is 16.2. The molecule has 6 nitrogen and oxygen atoms in total. The van der Waals surface area contributed by atoms with Gasteiger partial charge in [-0.3, -0.25) is 14.5 Å². The van der Waals surface area contributed by atoms with Crippen LogP contribution in [0.15, 0.2) is 65.7 Å². The van der Waals surface area contributed by atoms with Crippen molar-refractivity contribution in [1.29, 1.82) is 0 Å². The van der Waals surface area contributed by atoms with Gasteiger partial charge in [-0.25, -0.2) is 0 Å². The van der Waals surface area contributed by atoms with E-state index in [2.05, 4.69) is 5.32 Å². The van der Waals surface area contributed by atoms with E-state index in [1.807, 2.05) is 54.8 Å². The van der Waals surface area contributed by atoms with Gasteiger partial charge in [-0.1, -0.05) is 29.8 Å². The number of ether oxygens (including phenoxy) is 2. The molecule has 0 saturated heterocycles. The number of carbonyl (C=O) groups excluding carboxylic acids is 2. The average Bonchev–Trinajstić information content (AvgIpc) is 3.47. The minimum absolute atomic E-state index is 0.155. The third kappa shape index (κ3) is 3.23. The fourth-order valence-electron chi connectivity index (χ4n) is 3.49. The fourth-order valence-corrected chi connectivity index (χ4v) is 4.26. The molecule has 0 atom stereocenters. The molecule has 0 unspecified atom stereocenters. The Balaban J connectivity index is 1.48. The first kappa shape index (κ1) is 18.4. The van der Waals surface area contributed by atoms with Crippen molar-refractivity contribution in [2.75, 3.05) is 12.1 Å². The summed E-state index contributed by atoms with van der Waals surface area (Å²) in [6.07, 6.45) is 0. The van der Waals surface area contributed by atoms with Crippen LogP contribution in [0.3, 0.4) is 0 Å². The molecular formula is C23H18N2O4S. The molecule has 5 rings (SSSR count). The van der Waals surface area contributed by atoms with Gasteiger partial charge in [-0.2, -0.15) is 0 Å². The van der Waals surface area contributed by atoms with Gasteiger partial charge in [-0.15, -0.1) is 11.3 Å². The molecule has 1 N–H and O–H groups in total. The number of imide groups is 1. The lowest BCUT2D eigenvalue weighted by Crippen LogP contribution is -2.31. The van der Waals surface area contributed by atoms with E-state index in [0.29, 0.717) is 22.8 Å². The number of benzene rings is 2. The maximum atomic E-state index is 13.3. The first-order valence-electron chi connectivity index (χ1n) is 9.47. The second kappa shape index (κ2) is 7.35. The summed E-state index contributed by atoms with van der Waals surface area (Å²) in [5, 5.41) is 5.07. The third-order valence-corrected chi connectivity index (χ3v) is 5.92.